The molecule has 2 aliphatic rings. The molecule has 3 atom stereocenters. The van der Waals surface area contributed by atoms with Gasteiger partial charge in [-0.15, -0.1) is 0 Å². The summed E-state index contributed by atoms with van der Waals surface area (Å²) in [7, 11) is 1.34. The van der Waals surface area contributed by atoms with Crippen molar-refractivity contribution in [1.29, 1.82) is 0 Å². The Morgan fingerprint density at radius 2 is 2.27 bits per heavy atom. The van der Waals surface area contributed by atoms with Crippen molar-refractivity contribution in [3.63, 3.8) is 0 Å². The quantitative estimate of drug-likeness (QED) is 0.195. The second-order valence-electron chi connectivity index (χ2n) is 5.68. The van der Waals surface area contributed by atoms with Crippen molar-refractivity contribution >= 4 is 70.5 Å². The minimum absolute atomic E-state index is 0.122. The highest BCUT2D eigenvalue weighted by atomic mass is 127. The number of halogens is 2. The molecule has 9 heteroatoms. The van der Waals surface area contributed by atoms with Gasteiger partial charge in [-0.25, -0.2) is 0 Å². The molecular formula is C13H21I2N2O3PS. The molecule has 2 aliphatic heterocycles. The molecule has 0 saturated carbocycles. The van der Waals surface area contributed by atoms with E-state index in [0.717, 1.165) is 45.0 Å². The van der Waals surface area contributed by atoms with Crippen LogP contribution in [0, 0.1) is 0 Å². The summed E-state index contributed by atoms with van der Waals surface area (Å²) in [6.07, 6.45) is 5.29. The van der Waals surface area contributed by atoms with Crippen LogP contribution in [0.25, 0.3) is 0 Å². The number of carbonyl (C=O) groups excluding carboxylic acids is 2. The fraction of sp³-hybridized carbons (Fsp3) is 0.846. The minimum atomic E-state index is 0.122. The lowest BCUT2D eigenvalue weighted by atomic mass is 10.1. The summed E-state index contributed by atoms with van der Waals surface area (Å²) in [6, 6.07) is 0.212. The Bertz CT molecular complexity index is 405. The minimum Gasteiger partial charge on any atom is -0.340 e. The monoisotopic (exact) mass is 570 g/mol. The van der Waals surface area contributed by atoms with Crippen molar-refractivity contribution in [3.05, 3.63) is 0 Å². The lowest BCUT2D eigenvalue weighted by Gasteiger charge is -2.26. The third-order valence-electron chi connectivity index (χ3n) is 4.26. The van der Waals surface area contributed by atoms with Crippen molar-refractivity contribution in [2.45, 2.75) is 43.8 Å². The number of nitrogens with zero attached hydrogens (tertiary/aromatic N) is 2. The van der Waals surface area contributed by atoms with E-state index in [4.69, 9.17) is 4.18 Å². The van der Waals surface area contributed by atoms with E-state index in [-0.39, 0.29) is 24.4 Å². The number of rotatable bonds is 8. The van der Waals surface area contributed by atoms with Gasteiger partial charge in [-0.2, -0.15) is 0 Å². The van der Waals surface area contributed by atoms with Crippen molar-refractivity contribution in [1.82, 2.24) is 9.80 Å². The Balaban J connectivity index is 1.80. The summed E-state index contributed by atoms with van der Waals surface area (Å²) >= 11 is 4.52. The van der Waals surface area contributed by atoms with Gasteiger partial charge in [0.1, 0.15) is 0 Å². The fourth-order valence-corrected chi connectivity index (χ4v) is 5.81. The molecular weight excluding hydrogens is 549 g/mol. The van der Waals surface area contributed by atoms with Crippen LogP contribution in [0.1, 0.15) is 32.1 Å². The van der Waals surface area contributed by atoms with Gasteiger partial charge in [0.25, 0.3) is 0 Å². The summed E-state index contributed by atoms with van der Waals surface area (Å²) in [5.74, 6) is 0.255. The zero-order chi connectivity index (χ0) is 15.9. The maximum absolute atomic E-state index is 12.4. The number of amides is 2. The van der Waals surface area contributed by atoms with Crippen LogP contribution in [-0.2, 0) is 13.8 Å². The first-order chi connectivity index (χ1) is 10.7. The summed E-state index contributed by atoms with van der Waals surface area (Å²) in [6.45, 7) is 2.69. The fourth-order valence-electron chi connectivity index (χ4n) is 3.04. The van der Waals surface area contributed by atoms with E-state index in [9.17, 15) is 9.59 Å². The number of hydrogen-bond donors (Lipinski definition) is 0. The molecule has 2 amide bonds. The van der Waals surface area contributed by atoms with Crippen LogP contribution in [0.4, 0.5) is 0 Å². The predicted octanol–water partition coefficient (Wildman–Crippen LogP) is 3.40. The molecule has 0 aromatic heterocycles. The highest BCUT2D eigenvalue weighted by Crippen LogP contribution is 2.34. The molecule has 0 bridgehead atoms. The molecule has 2 saturated heterocycles. The van der Waals surface area contributed by atoms with Crippen molar-refractivity contribution < 1.29 is 13.8 Å². The number of carbonyl (C=O) groups is 2. The van der Waals surface area contributed by atoms with E-state index in [1.807, 2.05) is 4.90 Å². The van der Waals surface area contributed by atoms with Crippen molar-refractivity contribution in [2.24, 2.45) is 0 Å². The Morgan fingerprint density at radius 3 is 2.95 bits per heavy atom. The van der Waals surface area contributed by atoms with Crippen LogP contribution in [0.15, 0.2) is 0 Å². The molecule has 0 aromatic carbocycles. The van der Waals surface area contributed by atoms with E-state index in [0.29, 0.717) is 18.7 Å². The molecule has 2 fully saturated rings. The Labute approximate surface area is 163 Å². The summed E-state index contributed by atoms with van der Waals surface area (Å²) in [5.41, 5.74) is 0.651. The molecule has 0 radical (unpaired) electrons. The molecule has 2 heterocycles. The molecule has 5 nitrogen and oxygen atoms in total. The Hall–Kier alpha value is 1.14. The number of hydrogen-bond acceptors (Lipinski definition) is 4. The standard InChI is InChI=1S/C13H21I2N2O3PS/c14-21-11-5-6-16(8-11)13(19)9-17-10(3-4-12(17)18)2-1-7-20-22-15/h10-11,21H,1-9H2/t10?,11-/m1/s1. The van der Waals surface area contributed by atoms with Gasteiger partial charge in [0, 0.05) is 52.4 Å². The van der Waals surface area contributed by atoms with E-state index >= 15 is 0 Å². The van der Waals surface area contributed by atoms with Crippen molar-refractivity contribution in [2.75, 3.05) is 26.2 Å². The van der Waals surface area contributed by atoms with Crippen LogP contribution in [-0.4, -0.2) is 59.6 Å². The molecule has 2 rings (SSSR count). The average Bonchev–Trinajstić information content (AvgIpc) is 3.12. The second-order valence-corrected chi connectivity index (χ2v) is 10.0. The van der Waals surface area contributed by atoms with Gasteiger partial charge < -0.3 is 14.0 Å². The second kappa shape index (κ2) is 10.2. The Kier molecular flexibility index (Phi) is 9.03. The zero-order valence-corrected chi connectivity index (χ0v) is 18.4. The normalized spacial score (nSPS) is 25.8. The van der Waals surface area contributed by atoms with Crippen LogP contribution >= 0.6 is 58.7 Å². The van der Waals surface area contributed by atoms with Gasteiger partial charge >= 0.3 is 0 Å². The molecule has 22 heavy (non-hydrogen) atoms. The lowest BCUT2D eigenvalue weighted by molar-refractivity contribution is -0.139. The molecule has 0 aromatic rings. The third kappa shape index (κ3) is 5.60. The van der Waals surface area contributed by atoms with Gasteiger partial charge in [0.15, 0.2) is 0 Å². The van der Waals surface area contributed by atoms with E-state index in [2.05, 4.69) is 43.2 Å². The van der Waals surface area contributed by atoms with Crippen LogP contribution < -0.4 is 0 Å². The highest BCUT2D eigenvalue weighted by molar-refractivity contribution is 14.2. The van der Waals surface area contributed by atoms with Gasteiger partial charge in [-0.1, -0.05) is 28.3 Å². The first kappa shape index (κ1) is 19.5. The molecule has 126 valence electrons. The van der Waals surface area contributed by atoms with Crippen LogP contribution in [0.3, 0.4) is 0 Å². The Morgan fingerprint density at radius 1 is 1.45 bits per heavy atom. The molecule has 0 N–H and O–H groups in total. The van der Waals surface area contributed by atoms with Gasteiger partial charge in [0.05, 0.1) is 22.4 Å². The molecule has 0 spiro atoms. The molecule has 2 unspecified atom stereocenters. The first-order valence-corrected chi connectivity index (χ1v) is 15.0. The average molecular weight is 570 g/mol. The summed E-state index contributed by atoms with van der Waals surface area (Å²) < 4.78 is 5.27. The SMILES string of the molecule is O=C(CN1C(=O)CCC1CCCOSI)N1CC[C@@H](PI)C1. The van der Waals surface area contributed by atoms with E-state index in [1.54, 1.807) is 4.90 Å². The highest BCUT2D eigenvalue weighted by Gasteiger charge is 2.34. The van der Waals surface area contributed by atoms with E-state index < -0.39 is 0 Å². The third-order valence-corrected chi connectivity index (χ3v) is 8.70. The first-order valence-electron chi connectivity index (χ1n) is 7.49. The molecule has 0 aliphatic carbocycles. The van der Waals surface area contributed by atoms with Gasteiger partial charge in [-0.05, 0) is 25.7 Å². The lowest BCUT2D eigenvalue weighted by Crippen LogP contribution is -2.43. The maximum Gasteiger partial charge on any atom is 0.242 e. The van der Waals surface area contributed by atoms with Gasteiger partial charge in [0.2, 0.25) is 11.8 Å². The predicted molar refractivity (Wildman–Crippen MR) is 109 cm³/mol. The van der Waals surface area contributed by atoms with Crippen LogP contribution in [0.5, 0.6) is 0 Å². The zero-order valence-electron chi connectivity index (χ0n) is 12.3. The maximum atomic E-state index is 12.4. The topological polar surface area (TPSA) is 49.9 Å². The van der Waals surface area contributed by atoms with E-state index in [1.165, 1.54) is 9.21 Å². The number of likely N-dealkylation sites (tertiary alicyclic amines) is 2. The van der Waals surface area contributed by atoms with Gasteiger partial charge in [-0.3, -0.25) is 9.59 Å². The van der Waals surface area contributed by atoms with Crippen LogP contribution in [0.2, 0.25) is 0 Å². The largest absolute Gasteiger partial charge is 0.340 e. The van der Waals surface area contributed by atoms with Crippen molar-refractivity contribution in [3.8, 4) is 0 Å². The summed E-state index contributed by atoms with van der Waals surface area (Å²) in [5, 5.41) is 0. The summed E-state index contributed by atoms with van der Waals surface area (Å²) in [4.78, 5) is 28.2. The smallest absolute Gasteiger partial charge is 0.242 e.